The second kappa shape index (κ2) is 4.40. The van der Waals surface area contributed by atoms with Gasteiger partial charge in [0, 0.05) is 13.3 Å². The number of aryl methyl sites for hydroxylation is 2. The third-order valence-corrected chi connectivity index (χ3v) is 2.10. The van der Waals surface area contributed by atoms with Crippen LogP contribution in [0, 0.1) is 12.8 Å². The number of rotatable bonds is 4. The summed E-state index contributed by atoms with van der Waals surface area (Å²) in [7, 11) is 0. The summed E-state index contributed by atoms with van der Waals surface area (Å²) in [5.41, 5.74) is 0.705. The average Bonchev–Trinajstić information content (AvgIpc) is 2.43. The van der Waals surface area contributed by atoms with Crippen LogP contribution in [0.5, 0.6) is 0 Å². The average molecular weight is 195 g/mol. The van der Waals surface area contributed by atoms with Gasteiger partial charge in [0.15, 0.2) is 17.4 Å². The summed E-state index contributed by atoms with van der Waals surface area (Å²) < 4.78 is 5.37. The molecule has 14 heavy (non-hydrogen) atoms. The molecular formula is C11H17NO2. The number of Topliss-reactive ketones (excluding diaryl/α,β-unsaturated/α-hetero) is 1. The molecule has 0 fully saturated rings. The van der Waals surface area contributed by atoms with Gasteiger partial charge in [-0.3, -0.25) is 4.79 Å². The van der Waals surface area contributed by atoms with E-state index in [0.717, 1.165) is 12.8 Å². The van der Waals surface area contributed by atoms with Gasteiger partial charge in [0.1, 0.15) is 0 Å². The topological polar surface area (TPSA) is 43.1 Å². The molecule has 0 spiro atoms. The first-order valence-electron chi connectivity index (χ1n) is 4.98. The van der Waals surface area contributed by atoms with Crippen LogP contribution in [0.3, 0.4) is 0 Å². The predicted octanol–water partition coefficient (Wildman–Crippen LogP) is 2.77. The largest absolute Gasteiger partial charge is 0.437 e. The van der Waals surface area contributed by atoms with Crippen LogP contribution in [0.2, 0.25) is 0 Å². The summed E-state index contributed by atoms with van der Waals surface area (Å²) >= 11 is 0. The number of nitrogens with zero attached hydrogens (tertiary/aromatic N) is 1. The fraction of sp³-hybridized carbons (Fsp3) is 0.636. The highest BCUT2D eigenvalue weighted by Gasteiger charge is 2.13. The van der Waals surface area contributed by atoms with E-state index in [1.807, 2.05) is 0 Å². The second-order valence-electron chi connectivity index (χ2n) is 4.01. The highest BCUT2D eigenvalue weighted by Crippen LogP contribution is 2.14. The van der Waals surface area contributed by atoms with Gasteiger partial charge in [-0.1, -0.05) is 13.8 Å². The Morgan fingerprint density at radius 3 is 2.57 bits per heavy atom. The van der Waals surface area contributed by atoms with E-state index in [-0.39, 0.29) is 5.78 Å². The molecule has 3 heteroatoms. The van der Waals surface area contributed by atoms with Crippen molar-refractivity contribution in [3.8, 4) is 0 Å². The van der Waals surface area contributed by atoms with E-state index in [4.69, 9.17) is 4.42 Å². The van der Waals surface area contributed by atoms with E-state index in [1.165, 1.54) is 6.92 Å². The van der Waals surface area contributed by atoms with Crippen LogP contribution in [0.25, 0.3) is 0 Å². The molecule has 1 heterocycles. The zero-order valence-corrected chi connectivity index (χ0v) is 9.26. The van der Waals surface area contributed by atoms with Crippen molar-refractivity contribution in [2.75, 3.05) is 0 Å². The monoisotopic (exact) mass is 195 g/mol. The number of ketones is 1. The van der Waals surface area contributed by atoms with E-state index in [1.54, 1.807) is 6.92 Å². The lowest BCUT2D eigenvalue weighted by Gasteiger charge is -1.99. The Labute approximate surface area is 84.5 Å². The number of oxazole rings is 1. The van der Waals surface area contributed by atoms with Crippen molar-refractivity contribution < 1.29 is 9.21 Å². The molecule has 0 amide bonds. The highest BCUT2D eigenvalue weighted by atomic mass is 16.4. The zero-order valence-electron chi connectivity index (χ0n) is 9.26. The summed E-state index contributed by atoms with van der Waals surface area (Å²) in [5, 5.41) is 0. The zero-order chi connectivity index (χ0) is 10.7. The van der Waals surface area contributed by atoms with Crippen LogP contribution in [0.4, 0.5) is 0 Å². The van der Waals surface area contributed by atoms with Gasteiger partial charge in [-0.25, -0.2) is 4.98 Å². The third-order valence-electron chi connectivity index (χ3n) is 2.10. The quantitative estimate of drug-likeness (QED) is 0.694. The molecule has 0 aliphatic rings. The molecule has 0 radical (unpaired) electrons. The Morgan fingerprint density at radius 2 is 2.14 bits per heavy atom. The summed E-state index contributed by atoms with van der Waals surface area (Å²) in [6.45, 7) is 7.61. The molecule has 1 aromatic heterocycles. The molecule has 0 bridgehead atoms. The Bertz CT molecular complexity index is 326. The summed E-state index contributed by atoms with van der Waals surface area (Å²) in [4.78, 5) is 15.3. The second-order valence-corrected chi connectivity index (χ2v) is 4.01. The van der Waals surface area contributed by atoms with E-state index in [0.29, 0.717) is 23.3 Å². The van der Waals surface area contributed by atoms with Crippen molar-refractivity contribution in [2.45, 2.75) is 40.5 Å². The summed E-state index contributed by atoms with van der Waals surface area (Å²) in [6, 6.07) is 0. The fourth-order valence-corrected chi connectivity index (χ4v) is 1.30. The van der Waals surface area contributed by atoms with E-state index in [9.17, 15) is 4.79 Å². The van der Waals surface area contributed by atoms with Crippen LogP contribution >= 0.6 is 0 Å². The molecule has 0 aliphatic heterocycles. The van der Waals surface area contributed by atoms with Gasteiger partial charge in [-0.2, -0.15) is 0 Å². The minimum absolute atomic E-state index is 0.0502. The molecule has 0 saturated heterocycles. The van der Waals surface area contributed by atoms with Crippen molar-refractivity contribution in [3.05, 3.63) is 17.3 Å². The van der Waals surface area contributed by atoms with E-state index >= 15 is 0 Å². The minimum Gasteiger partial charge on any atom is -0.437 e. The van der Waals surface area contributed by atoms with Gasteiger partial charge >= 0.3 is 0 Å². The first-order valence-corrected chi connectivity index (χ1v) is 4.98. The van der Waals surface area contributed by atoms with Gasteiger partial charge in [-0.05, 0) is 19.3 Å². The van der Waals surface area contributed by atoms with Crippen molar-refractivity contribution in [1.29, 1.82) is 0 Å². The standard InChI is InChI=1S/C11H17NO2/c1-7(2)5-6-10-12-8(3)11(14-10)9(4)13/h7H,5-6H2,1-4H3. The number of carbonyl (C=O) groups is 1. The molecule has 78 valence electrons. The molecule has 0 atom stereocenters. The van der Waals surface area contributed by atoms with E-state index < -0.39 is 0 Å². The van der Waals surface area contributed by atoms with Gasteiger partial charge in [0.05, 0.1) is 5.69 Å². The van der Waals surface area contributed by atoms with Crippen LogP contribution in [0.1, 0.15) is 49.3 Å². The van der Waals surface area contributed by atoms with Crippen molar-refractivity contribution in [1.82, 2.24) is 4.98 Å². The van der Waals surface area contributed by atoms with Crippen LogP contribution in [0.15, 0.2) is 4.42 Å². The molecule has 0 saturated carbocycles. The van der Waals surface area contributed by atoms with Crippen molar-refractivity contribution in [2.24, 2.45) is 5.92 Å². The maximum absolute atomic E-state index is 11.1. The lowest BCUT2D eigenvalue weighted by Crippen LogP contribution is -1.92. The predicted molar refractivity (Wildman–Crippen MR) is 54.4 cm³/mol. The molecule has 1 rings (SSSR count). The Hall–Kier alpha value is -1.12. The third kappa shape index (κ3) is 2.69. The Balaban J connectivity index is 2.71. The number of hydrogen-bond donors (Lipinski definition) is 0. The Morgan fingerprint density at radius 1 is 1.50 bits per heavy atom. The smallest absolute Gasteiger partial charge is 0.196 e. The van der Waals surface area contributed by atoms with Crippen LogP contribution in [-0.2, 0) is 6.42 Å². The van der Waals surface area contributed by atoms with Gasteiger partial charge in [0.2, 0.25) is 0 Å². The number of aromatic nitrogens is 1. The first kappa shape index (κ1) is 11.0. The lowest BCUT2D eigenvalue weighted by molar-refractivity contribution is 0.0984. The molecule has 0 unspecified atom stereocenters. The van der Waals surface area contributed by atoms with Crippen molar-refractivity contribution >= 4 is 5.78 Å². The fourth-order valence-electron chi connectivity index (χ4n) is 1.30. The maximum Gasteiger partial charge on any atom is 0.196 e. The van der Waals surface area contributed by atoms with Crippen LogP contribution in [-0.4, -0.2) is 10.8 Å². The number of carbonyl (C=O) groups excluding carboxylic acids is 1. The highest BCUT2D eigenvalue weighted by molar-refractivity contribution is 5.92. The first-order chi connectivity index (χ1) is 6.50. The SMILES string of the molecule is CC(=O)c1oc(CCC(C)C)nc1C. The lowest BCUT2D eigenvalue weighted by atomic mass is 10.1. The van der Waals surface area contributed by atoms with Crippen LogP contribution < -0.4 is 0 Å². The normalized spacial score (nSPS) is 10.9. The van der Waals surface area contributed by atoms with Crippen molar-refractivity contribution in [3.63, 3.8) is 0 Å². The summed E-state index contributed by atoms with van der Waals surface area (Å²) in [5.74, 6) is 1.67. The molecule has 3 nitrogen and oxygen atoms in total. The molecular weight excluding hydrogens is 178 g/mol. The van der Waals surface area contributed by atoms with Gasteiger partial charge in [-0.15, -0.1) is 0 Å². The Kier molecular flexibility index (Phi) is 3.44. The van der Waals surface area contributed by atoms with Gasteiger partial charge < -0.3 is 4.42 Å². The number of hydrogen-bond acceptors (Lipinski definition) is 3. The molecule has 0 aromatic carbocycles. The molecule has 0 N–H and O–H groups in total. The maximum atomic E-state index is 11.1. The minimum atomic E-state index is -0.0502. The molecule has 0 aliphatic carbocycles. The summed E-state index contributed by atoms with van der Waals surface area (Å²) in [6.07, 6.45) is 1.85. The molecule has 1 aromatic rings. The van der Waals surface area contributed by atoms with Gasteiger partial charge in [0.25, 0.3) is 0 Å². The van der Waals surface area contributed by atoms with E-state index in [2.05, 4.69) is 18.8 Å².